The number of nitrogens with zero attached hydrogens (tertiary/aromatic N) is 1. The van der Waals surface area contributed by atoms with Crippen molar-refractivity contribution in [2.75, 3.05) is 0 Å². The van der Waals surface area contributed by atoms with E-state index < -0.39 is 5.41 Å². The Hall–Kier alpha value is -1.08. The first kappa shape index (κ1) is 16.0. The van der Waals surface area contributed by atoms with Crippen molar-refractivity contribution in [3.8, 4) is 0 Å². The molecule has 0 bridgehead atoms. The summed E-state index contributed by atoms with van der Waals surface area (Å²) in [4.78, 5) is 13.4. The second-order valence-corrected chi connectivity index (χ2v) is 6.10. The molecule has 4 N–H and O–H groups in total. The Morgan fingerprint density at radius 2 is 2.21 bits per heavy atom. The molecule has 1 heterocycles. The van der Waals surface area contributed by atoms with Crippen LogP contribution >= 0.6 is 27.3 Å². The van der Waals surface area contributed by atoms with Gasteiger partial charge in [-0.1, -0.05) is 19.0 Å². The van der Waals surface area contributed by atoms with Crippen LogP contribution in [0.1, 0.15) is 31.6 Å². The first-order chi connectivity index (χ1) is 9.00. The van der Waals surface area contributed by atoms with E-state index in [9.17, 15) is 4.79 Å². The maximum Gasteiger partial charge on any atom is 0.234 e. The third-order valence-electron chi connectivity index (χ3n) is 3.28. The van der Waals surface area contributed by atoms with Crippen molar-refractivity contribution in [2.45, 2.75) is 33.2 Å². The quantitative estimate of drug-likeness (QED) is 0.320. The molecule has 1 amide bonds. The van der Waals surface area contributed by atoms with Crippen LogP contribution in [0.2, 0.25) is 0 Å². The Morgan fingerprint density at radius 1 is 1.58 bits per heavy atom. The van der Waals surface area contributed by atoms with Gasteiger partial charge in [0.2, 0.25) is 5.91 Å². The largest absolute Gasteiger partial charge is 0.409 e. The van der Waals surface area contributed by atoms with Crippen molar-refractivity contribution < 1.29 is 10.0 Å². The van der Waals surface area contributed by atoms with Gasteiger partial charge in [-0.2, -0.15) is 0 Å². The van der Waals surface area contributed by atoms with Crippen molar-refractivity contribution in [1.29, 1.82) is 0 Å². The van der Waals surface area contributed by atoms with Gasteiger partial charge in [-0.25, -0.2) is 0 Å². The lowest BCUT2D eigenvalue weighted by Gasteiger charge is -2.28. The van der Waals surface area contributed by atoms with Gasteiger partial charge < -0.3 is 16.3 Å². The molecule has 0 spiro atoms. The molecule has 7 heteroatoms. The van der Waals surface area contributed by atoms with E-state index in [1.165, 1.54) is 0 Å². The highest BCUT2D eigenvalue weighted by molar-refractivity contribution is 9.10. The van der Waals surface area contributed by atoms with Crippen LogP contribution in [-0.2, 0) is 11.3 Å². The molecule has 0 saturated carbocycles. The maximum absolute atomic E-state index is 12.3. The molecule has 1 rings (SSSR count). The zero-order valence-electron chi connectivity index (χ0n) is 10.9. The van der Waals surface area contributed by atoms with Crippen molar-refractivity contribution in [1.82, 2.24) is 5.32 Å². The Bertz CT molecular complexity index is 469. The van der Waals surface area contributed by atoms with Gasteiger partial charge in [0.15, 0.2) is 5.84 Å². The number of nitrogens with two attached hydrogens (primary N) is 1. The highest BCUT2D eigenvalue weighted by Crippen LogP contribution is 2.27. The fourth-order valence-electron chi connectivity index (χ4n) is 1.93. The van der Waals surface area contributed by atoms with E-state index in [0.29, 0.717) is 19.4 Å². The van der Waals surface area contributed by atoms with Gasteiger partial charge in [0.1, 0.15) is 5.41 Å². The number of thiophene rings is 1. The topological polar surface area (TPSA) is 87.7 Å². The number of oxime groups is 1. The van der Waals surface area contributed by atoms with Crippen LogP contribution in [0.15, 0.2) is 21.1 Å². The highest BCUT2D eigenvalue weighted by Gasteiger charge is 2.39. The van der Waals surface area contributed by atoms with E-state index in [1.807, 2.05) is 25.3 Å². The first-order valence-electron chi connectivity index (χ1n) is 5.99. The number of carbonyl (C=O) groups excluding carboxylic acids is 1. The molecule has 0 aliphatic heterocycles. The van der Waals surface area contributed by atoms with Crippen LogP contribution in [0, 0.1) is 5.41 Å². The summed E-state index contributed by atoms with van der Waals surface area (Å²) >= 11 is 4.93. The lowest BCUT2D eigenvalue weighted by Crippen LogP contribution is -2.49. The summed E-state index contributed by atoms with van der Waals surface area (Å²) in [6.07, 6.45) is 0.971. The Labute approximate surface area is 125 Å². The van der Waals surface area contributed by atoms with E-state index in [4.69, 9.17) is 10.9 Å². The number of hydrogen-bond donors (Lipinski definition) is 3. The van der Waals surface area contributed by atoms with Gasteiger partial charge in [-0.15, -0.1) is 11.3 Å². The molecule has 1 aromatic rings. The van der Waals surface area contributed by atoms with Crippen LogP contribution in [0.25, 0.3) is 0 Å². The summed E-state index contributed by atoms with van der Waals surface area (Å²) in [5, 5.41) is 16.7. The van der Waals surface area contributed by atoms with Crippen LogP contribution in [0.3, 0.4) is 0 Å². The number of carbonyl (C=O) groups is 1. The molecule has 0 radical (unpaired) electrons. The van der Waals surface area contributed by atoms with Gasteiger partial charge >= 0.3 is 0 Å². The Kier molecular flexibility index (Phi) is 5.81. The summed E-state index contributed by atoms with van der Waals surface area (Å²) in [6.45, 7) is 4.14. The third kappa shape index (κ3) is 3.48. The SMILES string of the molecule is CCC(CC)(C(=O)NCc1cc(Br)cs1)C(N)=NO. The zero-order chi connectivity index (χ0) is 14.5. The Balaban J connectivity index is 2.78. The van der Waals surface area contributed by atoms with Crippen molar-refractivity contribution in [3.63, 3.8) is 0 Å². The molecule has 0 aliphatic rings. The minimum atomic E-state index is -0.941. The first-order valence-corrected chi connectivity index (χ1v) is 7.66. The van der Waals surface area contributed by atoms with Gasteiger partial charge in [0.25, 0.3) is 0 Å². The molecule has 5 nitrogen and oxygen atoms in total. The molecule has 106 valence electrons. The van der Waals surface area contributed by atoms with Crippen molar-refractivity contribution >= 4 is 39.0 Å². The smallest absolute Gasteiger partial charge is 0.234 e. The average Bonchev–Trinajstić information content (AvgIpc) is 2.83. The standard InChI is InChI=1S/C12H18BrN3O2S/c1-3-12(4-2,10(14)16-18)11(17)15-6-9-5-8(13)7-19-9/h5,7,18H,3-4,6H2,1-2H3,(H2,14,16)(H,15,17). The molecular formula is C12H18BrN3O2S. The number of halogens is 1. The number of nitrogens with one attached hydrogen (secondary N) is 1. The van der Waals surface area contributed by atoms with Crippen LogP contribution in [0.5, 0.6) is 0 Å². The molecule has 0 aromatic carbocycles. The van der Waals surface area contributed by atoms with Gasteiger partial charge in [0.05, 0.1) is 6.54 Å². The fraction of sp³-hybridized carbons (Fsp3) is 0.500. The fourth-order valence-corrected chi connectivity index (χ4v) is 3.32. The number of amides is 1. The minimum Gasteiger partial charge on any atom is -0.409 e. The van der Waals surface area contributed by atoms with Gasteiger partial charge in [-0.3, -0.25) is 4.79 Å². The normalized spacial score (nSPS) is 12.5. The lowest BCUT2D eigenvalue weighted by molar-refractivity contribution is -0.128. The number of hydrogen-bond acceptors (Lipinski definition) is 4. The van der Waals surface area contributed by atoms with Crippen LogP contribution < -0.4 is 11.1 Å². The van der Waals surface area contributed by atoms with E-state index >= 15 is 0 Å². The molecule has 0 saturated heterocycles. The predicted molar refractivity (Wildman–Crippen MR) is 80.3 cm³/mol. The highest BCUT2D eigenvalue weighted by atomic mass is 79.9. The van der Waals surface area contributed by atoms with E-state index in [2.05, 4.69) is 26.4 Å². The van der Waals surface area contributed by atoms with E-state index in [0.717, 1.165) is 9.35 Å². The monoisotopic (exact) mass is 347 g/mol. The predicted octanol–water partition coefficient (Wildman–Crippen LogP) is 2.68. The van der Waals surface area contributed by atoms with E-state index in [-0.39, 0.29) is 11.7 Å². The third-order valence-corrected chi connectivity index (χ3v) is 4.98. The zero-order valence-corrected chi connectivity index (χ0v) is 13.3. The van der Waals surface area contributed by atoms with Crippen molar-refractivity contribution in [2.24, 2.45) is 16.3 Å². The summed E-state index contributed by atoms with van der Waals surface area (Å²) in [7, 11) is 0. The molecule has 0 unspecified atom stereocenters. The molecule has 19 heavy (non-hydrogen) atoms. The molecule has 1 aromatic heterocycles. The Morgan fingerprint density at radius 3 is 2.63 bits per heavy atom. The minimum absolute atomic E-state index is 0.0395. The van der Waals surface area contributed by atoms with Crippen LogP contribution in [-0.4, -0.2) is 17.0 Å². The van der Waals surface area contributed by atoms with Crippen molar-refractivity contribution in [3.05, 3.63) is 20.8 Å². The average molecular weight is 348 g/mol. The van der Waals surface area contributed by atoms with Crippen LogP contribution in [0.4, 0.5) is 0 Å². The lowest BCUT2D eigenvalue weighted by atomic mass is 9.80. The summed E-state index contributed by atoms with van der Waals surface area (Å²) in [6, 6.07) is 1.95. The van der Waals surface area contributed by atoms with Gasteiger partial charge in [-0.05, 0) is 34.8 Å². The summed E-state index contributed by atoms with van der Waals surface area (Å²) in [5.41, 5.74) is 4.74. The number of amidine groups is 1. The number of rotatable bonds is 6. The summed E-state index contributed by atoms with van der Waals surface area (Å²) in [5.74, 6) is -0.250. The molecule has 0 aliphatic carbocycles. The van der Waals surface area contributed by atoms with E-state index in [1.54, 1.807) is 11.3 Å². The second kappa shape index (κ2) is 6.91. The molecule has 0 atom stereocenters. The molecule has 0 fully saturated rings. The summed E-state index contributed by atoms with van der Waals surface area (Å²) < 4.78 is 0.996. The maximum atomic E-state index is 12.3. The molecular weight excluding hydrogens is 330 g/mol. The van der Waals surface area contributed by atoms with Gasteiger partial charge in [0, 0.05) is 14.7 Å². The second-order valence-electron chi connectivity index (χ2n) is 4.19.